The molecule has 0 aliphatic carbocycles. The third-order valence-corrected chi connectivity index (χ3v) is 16.8. The minimum absolute atomic E-state index is 0.0854. The van der Waals surface area contributed by atoms with Crippen LogP contribution in [0.3, 0.4) is 0 Å². The maximum absolute atomic E-state index is 12.2. The van der Waals surface area contributed by atoms with Gasteiger partial charge in [-0.25, -0.2) is 15.0 Å². The number of ether oxygens (including phenoxy) is 6. The van der Waals surface area contributed by atoms with Gasteiger partial charge >= 0.3 is 0 Å². The zero-order valence-electron chi connectivity index (χ0n) is 50.4. The van der Waals surface area contributed by atoms with Crippen molar-refractivity contribution in [1.29, 1.82) is 0 Å². The number of anilines is 3. The van der Waals surface area contributed by atoms with Crippen LogP contribution >= 0.6 is 11.6 Å². The molecular weight excluding hydrogens is 1130 g/mol. The van der Waals surface area contributed by atoms with E-state index in [9.17, 15) is 4.79 Å². The molecule has 8 heterocycles. The van der Waals surface area contributed by atoms with Crippen LogP contribution in [0.15, 0.2) is 175 Å². The van der Waals surface area contributed by atoms with Crippen LogP contribution in [0.2, 0.25) is 5.15 Å². The van der Waals surface area contributed by atoms with Crippen molar-refractivity contribution in [2.24, 2.45) is 0 Å². The monoisotopic (exact) mass is 1200 g/mol. The number of aromatic nitrogens is 6. The molecule has 0 amide bonds. The van der Waals surface area contributed by atoms with Crippen LogP contribution in [0.25, 0.3) is 11.1 Å². The number of H-pyrrole nitrogens is 1. The van der Waals surface area contributed by atoms with Gasteiger partial charge in [0.05, 0.1) is 52.0 Å². The molecule has 1 N–H and O–H groups in total. The Hall–Kier alpha value is -8.57. The maximum Gasteiger partial charge on any atom is 0.252 e. The molecule has 0 radical (unpaired) electrons. The van der Waals surface area contributed by atoms with Crippen LogP contribution < -0.4 is 39.2 Å². The van der Waals surface area contributed by atoms with Crippen molar-refractivity contribution in [3.8, 4) is 23.3 Å². The van der Waals surface area contributed by atoms with Crippen LogP contribution in [0.5, 0.6) is 23.3 Å². The molecule has 3 saturated heterocycles. The molecular formula is C71H78ClN9O7. The lowest BCUT2D eigenvalue weighted by Crippen LogP contribution is -2.34. The number of aromatic amines is 1. The van der Waals surface area contributed by atoms with Crippen LogP contribution in [0.4, 0.5) is 17.8 Å². The lowest BCUT2D eigenvalue weighted by Gasteiger charge is -2.26. The number of hydrogen-bond donors (Lipinski definition) is 1. The Bertz CT molecular complexity index is 3620. The molecule has 13 rings (SSSR count). The fourth-order valence-corrected chi connectivity index (χ4v) is 12.2. The quantitative estimate of drug-likeness (QED) is 0.0761. The first-order valence-corrected chi connectivity index (χ1v) is 31.2. The Kier molecular flexibility index (Phi) is 21.4. The highest BCUT2D eigenvalue weighted by molar-refractivity contribution is 6.29. The number of benzene rings is 5. The van der Waals surface area contributed by atoms with E-state index in [1.54, 1.807) is 26.4 Å². The first-order valence-electron chi connectivity index (χ1n) is 30.8. The molecule has 456 valence electrons. The molecule has 3 aromatic heterocycles. The summed E-state index contributed by atoms with van der Waals surface area (Å²) < 4.78 is 33.4. The fourth-order valence-electron chi connectivity index (χ4n) is 12.0. The summed E-state index contributed by atoms with van der Waals surface area (Å²) in [6.07, 6.45) is 15.5. The van der Waals surface area contributed by atoms with Gasteiger partial charge < -0.3 is 43.1 Å². The number of hydrogen-bond acceptors (Lipinski definition) is 15. The summed E-state index contributed by atoms with van der Waals surface area (Å²) in [7, 11) is 3.32. The highest BCUT2D eigenvalue weighted by atomic mass is 35.5. The van der Waals surface area contributed by atoms with Gasteiger partial charge in [-0.3, -0.25) is 9.78 Å². The van der Waals surface area contributed by atoms with E-state index in [1.165, 1.54) is 22.3 Å². The molecule has 16 nitrogen and oxygen atoms in total. The highest BCUT2D eigenvalue weighted by Crippen LogP contribution is 2.33. The van der Waals surface area contributed by atoms with E-state index >= 15 is 0 Å². The molecule has 3 atom stereocenters. The van der Waals surface area contributed by atoms with Crippen molar-refractivity contribution in [1.82, 2.24) is 29.9 Å². The minimum Gasteiger partial charge on any atom is -0.497 e. The molecule has 5 aliphatic heterocycles. The van der Waals surface area contributed by atoms with Crippen molar-refractivity contribution >= 4 is 40.6 Å². The van der Waals surface area contributed by atoms with E-state index in [0.717, 1.165) is 136 Å². The molecule has 5 aromatic carbocycles. The summed E-state index contributed by atoms with van der Waals surface area (Å²) in [5, 5.41) is 0.394. The van der Waals surface area contributed by atoms with Crippen molar-refractivity contribution in [2.45, 2.75) is 102 Å². The lowest BCUT2D eigenvalue weighted by atomic mass is 10.0. The molecule has 5 aliphatic rings. The van der Waals surface area contributed by atoms with Gasteiger partial charge in [0.25, 0.3) is 5.56 Å². The molecule has 17 heteroatoms. The summed E-state index contributed by atoms with van der Waals surface area (Å²) in [4.78, 5) is 45.8. The Morgan fingerprint density at radius 2 is 0.932 bits per heavy atom. The minimum atomic E-state index is -0.0854. The van der Waals surface area contributed by atoms with E-state index in [4.69, 9.17) is 55.0 Å². The van der Waals surface area contributed by atoms with E-state index in [1.807, 2.05) is 72.8 Å². The number of halogens is 1. The molecule has 0 saturated carbocycles. The zero-order valence-corrected chi connectivity index (χ0v) is 51.1. The van der Waals surface area contributed by atoms with Gasteiger partial charge in [-0.1, -0.05) is 139 Å². The second kappa shape index (κ2) is 30.9. The summed E-state index contributed by atoms with van der Waals surface area (Å²) in [6, 6.07) is 53.8. The van der Waals surface area contributed by atoms with Gasteiger partial charge in [-0.15, -0.1) is 0 Å². The Balaban J connectivity index is 0.000000138. The maximum atomic E-state index is 12.2. The largest absolute Gasteiger partial charge is 0.497 e. The third-order valence-electron chi connectivity index (χ3n) is 16.6. The lowest BCUT2D eigenvalue weighted by molar-refractivity contribution is 0.161. The molecule has 0 bridgehead atoms. The van der Waals surface area contributed by atoms with Gasteiger partial charge in [0.1, 0.15) is 29.9 Å². The van der Waals surface area contributed by atoms with Gasteiger partial charge in [0, 0.05) is 56.0 Å². The number of nitrogens with zero attached hydrogens (tertiary/aromatic N) is 8. The van der Waals surface area contributed by atoms with E-state index in [2.05, 4.69) is 115 Å². The first kappa shape index (κ1) is 61.1. The Morgan fingerprint density at radius 3 is 1.39 bits per heavy atom. The second-order valence-corrected chi connectivity index (χ2v) is 23.0. The third kappa shape index (κ3) is 16.9. The fraction of sp³-hybridized carbons (Fsp3) is 0.352. The number of nitrogens with one attached hydrogen (secondary N) is 1. The first-order chi connectivity index (χ1) is 43.3. The summed E-state index contributed by atoms with van der Waals surface area (Å²) in [6.45, 7) is 6.29. The van der Waals surface area contributed by atoms with Crippen molar-refractivity contribution in [3.05, 3.63) is 225 Å². The highest BCUT2D eigenvalue weighted by Gasteiger charge is 2.31. The van der Waals surface area contributed by atoms with Gasteiger partial charge in [-0.2, -0.15) is 9.97 Å². The Morgan fingerprint density at radius 1 is 0.500 bits per heavy atom. The van der Waals surface area contributed by atoms with Crippen molar-refractivity contribution < 1.29 is 28.4 Å². The van der Waals surface area contributed by atoms with Crippen LogP contribution in [0.1, 0.15) is 90.6 Å². The summed E-state index contributed by atoms with van der Waals surface area (Å²) in [5.74, 6) is 4.84. The summed E-state index contributed by atoms with van der Waals surface area (Å²) in [5.41, 5.74) is 10.0. The zero-order chi connectivity index (χ0) is 60.3. The predicted molar refractivity (Wildman–Crippen MR) is 347 cm³/mol. The molecule has 8 aromatic rings. The topological polar surface area (TPSA) is 162 Å². The average molecular weight is 1200 g/mol. The van der Waals surface area contributed by atoms with E-state index in [0.29, 0.717) is 86.6 Å². The van der Waals surface area contributed by atoms with Crippen molar-refractivity contribution in [2.75, 3.05) is 75.0 Å². The standard InChI is InChI=1S/C28H31N3O3.C23H24ClN3O2.C20H23N3O2/c1-32-25-11-9-22(10-12-25)20-34-27-19-26(23-13-16-33-17-14-23)29-28(30-27)31-15-5-8-24(31)18-21-6-3-2-4-7-21;1-28-20-11-9-18(10-12-20)16-29-22-15-21(24)25-23(26-22)27-13-5-8-19(27)14-17-6-3-2-4-7-17;24-19-14-18(16-8-11-25-12-9-16)21-20(22-19)23-10-4-7-17(23)13-15-5-2-1-3-6-15/h2-4,6-7,9-13,19,24H,5,8,14-18,20H2,1H3;2-4,6-7,9-12,15,19H,5,8,13-14,16H2,1H3;1-3,5-6,8,14,17H,4,7,9-13H2,(H,21,22,24). The number of rotatable bonds is 19. The van der Waals surface area contributed by atoms with Crippen LogP contribution in [-0.2, 0) is 41.9 Å². The molecule has 3 unspecified atom stereocenters. The van der Waals surface area contributed by atoms with Gasteiger partial charge in [0.2, 0.25) is 29.6 Å². The van der Waals surface area contributed by atoms with Gasteiger partial charge in [-0.05, 0) is 134 Å². The SMILES string of the molecule is COc1ccc(COc2cc(C3=CCOCC3)nc(N3CCCC3Cc3ccccc3)n2)cc1.COc1ccc(COc2cc(Cl)nc(N3CCCC3Cc3ccccc3)n2)cc1.O=c1cc(C2=CCOCC2)nc(N2CCCC2Cc2ccccc2)[nH]1. The summed E-state index contributed by atoms with van der Waals surface area (Å²) >= 11 is 6.28. The number of methoxy groups -OCH3 is 2. The molecule has 3 fully saturated rings. The second-order valence-electron chi connectivity index (χ2n) is 22.6. The normalized spacial score (nSPS) is 18.1. The van der Waals surface area contributed by atoms with Gasteiger partial charge in [0.15, 0.2) is 0 Å². The van der Waals surface area contributed by atoms with Crippen molar-refractivity contribution in [3.63, 3.8) is 0 Å². The Labute approximate surface area is 521 Å². The molecule has 0 spiro atoms. The van der Waals surface area contributed by atoms with Crippen LogP contribution in [-0.4, -0.2) is 108 Å². The molecule has 88 heavy (non-hydrogen) atoms. The van der Waals surface area contributed by atoms with E-state index < -0.39 is 0 Å². The predicted octanol–water partition coefficient (Wildman–Crippen LogP) is 12.8. The van der Waals surface area contributed by atoms with Crippen LogP contribution in [0, 0.1) is 0 Å². The average Bonchev–Trinajstić information content (AvgIpc) is 3.98. The van der Waals surface area contributed by atoms with E-state index in [-0.39, 0.29) is 5.56 Å². The smallest absolute Gasteiger partial charge is 0.252 e.